The third-order valence-corrected chi connectivity index (χ3v) is 4.08. The first kappa shape index (κ1) is 13.2. The van der Waals surface area contributed by atoms with Crippen molar-refractivity contribution in [3.8, 4) is 0 Å². The Morgan fingerprint density at radius 2 is 2.00 bits per heavy atom. The first-order chi connectivity index (χ1) is 7.36. The van der Waals surface area contributed by atoms with Crippen molar-refractivity contribution in [3.05, 3.63) is 29.3 Å². The average molecular weight is 242 g/mol. The molecule has 0 amide bonds. The topological polar surface area (TPSA) is 72.2 Å². The van der Waals surface area contributed by atoms with Crippen LogP contribution in [0.1, 0.15) is 18.1 Å². The number of hydrogen-bond donors (Lipinski definition) is 2. The minimum Gasteiger partial charge on any atom is -0.329 e. The molecule has 0 saturated heterocycles. The van der Waals surface area contributed by atoms with Crippen molar-refractivity contribution < 1.29 is 8.42 Å². The number of hydrogen-bond acceptors (Lipinski definition) is 3. The lowest BCUT2D eigenvalue weighted by Crippen LogP contribution is -2.38. The van der Waals surface area contributed by atoms with Gasteiger partial charge in [-0.3, -0.25) is 0 Å². The van der Waals surface area contributed by atoms with Crippen LogP contribution in [0, 0.1) is 13.8 Å². The van der Waals surface area contributed by atoms with Gasteiger partial charge in [0.15, 0.2) is 0 Å². The summed E-state index contributed by atoms with van der Waals surface area (Å²) in [6.45, 7) is 5.74. The van der Waals surface area contributed by atoms with Gasteiger partial charge in [0.2, 0.25) is 10.0 Å². The van der Waals surface area contributed by atoms with Crippen molar-refractivity contribution in [2.45, 2.75) is 31.7 Å². The maximum Gasteiger partial charge on any atom is 0.241 e. The average Bonchev–Trinajstić information content (AvgIpc) is 2.16. The second kappa shape index (κ2) is 4.95. The van der Waals surface area contributed by atoms with Crippen LogP contribution in [0.3, 0.4) is 0 Å². The molecule has 0 saturated carbocycles. The summed E-state index contributed by atoms with van der Waals surface area (Å²) in [6, 6.07) is 5.00. The van der Waals surface area contributed by atoms with Crippen LogP contribution in [0.5, 0.6) is 0 Å². The number of benzene rings is 1. The number of sulfonamides is 1. The Labute approximate surface area is 96.9 Å². The standard InChI is InChI=1S/C11H18N2O2S/c1-8-4-5-11(9(2)6-8)16(14,15)13-10(3)7-12/h4-6,10,13H,7,12H2,1-3H3. The van der Waals surface area contributed by atoms with E-state index in [9.17, 15) is 8.42 Å². The second-order valence-electron chi connectivity index (χ2n) is 4.03. The summed E-state index contributed by atoms with van der Waals surface area (Å²) in [4.78, 5) is 0.318. The molecule has 0 radical (unpaired) electrons. The highest BCUT2D eigenvalue weighted by atomic mass is 32.2. The van der Waals surface area contributed by atoms with Gasteiger partial charge in [-0.05, 0) is 32.4 Å². The molecule has 0 aliphatic carbocycles. The molecular formula is C11H18N2O2S. The van der Waals surface area contributed by atoms with Crippen molar-refractivity contribution in [1.29, 1.82) is 0 Å². The molecule has 1 rings (SSSR count). The zero-order valence-corrected chi connectivity index (χ0v) is 10.6. The summed E-state index contributed by atoms with van der Waals surface area (Å²) in [5.41, 5.74) is 7.18. The molecule has 0 aliphatic rings. The minimum atomic E-state index is -3.45. The van der Waals surface area contributed by atoms with Gasteiger partial charge >= 0.3 is 0 Å². The van der Waals surface area contributed by atoms with Gasteiger partial charge in [0.1, 0.15) is 0 Å². The SMILES string of the molecule is Cc1ccc(S(=O)(=O)NC(C)CN)c(C)c1. The second-order valence-corrected chi connectivity index (χ2v) is 5.71. The maximum atomic E-state index is 12.0. The summed E-state index contributed by atoms with van der Waals surface area (Å²) < 4.78 is 26.5. The van der Waals surface area contributed by atoms with E-state index in [1.165, 1.54) is 0 Å². The van der Waals surface area contributed by atoms with Crippen molar-refractivity contribution in [2.75, 3.05) is 6.54 Å². The van der Waals surface area contributed by atoms with Gasteiger partial charge in [-0.15, -0.1) is 0 Å². The van der Waals surface area contributed by atoms with E-state index in [0.717, 1.165) is 11.1 Å². The Morgan fingerprint density at radius 1 is 1.38 bits per heavy atom. The first-order valence-electron chi connectivity index (χ1n) is 5.16. The predicted molar refractivity (Wildman–Crippen MR) is 64.8 cm³/mol. The smallest absolute Gasteiger partial charge is 0.241 e. The lowest BCUT2D eigenvalue weighted by Gasteiger charge is -2.13. The molecular weight excluding hydrogens is 224 g/mol. The molecule has 16 heavy (non-hydrogen) atoms. The van der Waals surface area contributed by atoms with E-state index < -0.39 is 10.0 Å². The summed E-state index contributed by atoms with van der Waals surface area (Å²) in [6.07, 6.45) is 0. The van der Waals surface area contributed by atoms with Crippen molar-refractivity contribution in [3.63, 3.8) is 0 Å². The van der Waals surface area contributed by atoms with E-state index in [4.69, 9.17) is 5.73 Å². The Balaban J connectivity index is 3.08. The quantitative estimate of drug-likeness (QED) is 0.825. The molecule has 1 unspecified atom stereocenters. The van der Waals surface area contributed by atoms with E-state index in [0.29, 0.717) is 4.90 Å². The Hall–Kier alpha value is -0.910. The predicted octanol–water partition coefficient (Wildman–Crippen LogP) is 0.929. The Morgan fingerprint density at radius 3 is 2.50 bits per heavy atom. The molecule has 90 valence electrons. The fourth-order valence-electron chi connectivity index (χ4n) is 1.48. The van der Waals surface area contributed by atoms with Crippen molar-refractivity contribution in [1.82, 2.24) is 4.72 Å². The van der Waals surface area contributed by atoms with Crippen LogP contribution >= 0.6 is 0 Å². The number of rotatable bonds is 4. The summed E-state index contributed by atoms with van der Waals surface area (Å²) in [5.74, 6) is 0. The third-order valence-electron chi connectivity index (χ3n) is 2.33. The number of aryl methyl sites for hydroxylation is 2. The highest BCUT2D eigenvalue weighted by molar-refractivity contribution is 7.89. The molecule has 1 aromatic carbocycles. The molecule has 3 N–H and O–H groups in total. The number of nitrogens with one attached hydrogen (secondary N) is 1. The molecule has 0 aromatic heterocycles. The largest absolute Gasteiger partial charge is 0.329 e. The molecule has 1 aromatic rings. The minimum absolute atomic E-state index is 0.259. The lowest BCUT2D eigenvalue weighted by molar-refractivity contribution is 0.562. The fraction of sp³-hybridized carbons (Fsp3) is 0.455. The number of nitrogens with two attached hydrogens (primary N) is 1. The van der Waals surface area contributed by atoms with Crippen LogP contribution in [0.2, 0.25) is 0 Å². The van der Waals surface area contributed by atoms with Crippen LogP contribution in [0.25, 0.3) is 0 Å². The van der Waals surface area contributed by atoms with Gasteiger partial charge in [0.05, 0.1) is 4.90 Å². The first-order valence-corrected chi connectivity index (χ1v) is 6.65. The Bertz CT molecular complexity index is 469. The van der Waals surface area contributed by atoms with E-state index in [1.807, 2.05) is 13.0 Å². The van der Waals surface area contributed by atoms with Gasteiger partial charge in [-0.2, -0.15) is 0 Å². The normalized spacial score (nSPS) is 13.8. The molecule has 5 heteroatoms. The fourth-order valence-corrected chi connectivity index (χ4v) is 2.96. The molecule has 0 bridgehead atoms. The van der Waals surface area contributed by atoms with Gasteiger partial charge in [-0.25, -0.2) is 13.1 Å². The van der Waals surface area contributed by atoms with Crippen molar-refractivity contribution in [2.24, 2.45) is 5.73 Å². The zero-order valence-electron chi connectivity index (χ0n) is 9.82. The summed E-state index contributed by atoms with van der Waals surface area (Å²) in [7, 11) is -3.45. The summed E-state index contributed by atoms with van der Waals surface area (Å²) in [5, 5.41) is 0. The van der Waals surface area contributed by atoms with Crippen LogP contribution in [0.15, 0.2) is 23.1 Å². The van der Waals surface area contributed by atoms with Crippen LogP contribution in [-0.4, -0.2) is 21.0 Å². The van der Waals surface area contributed by atoms with Gasteiger partial charge in [-0.1, -0.05) is 17.7 Å². The molecule has 4 nitrogen and oxygen atoms in total. The molecule has 1 atom stereocenters. The van der Waals surface area contributed by atoms with Crippen molar-refractivity contribution >= 4 is 10.0 Å². The highest BCUT2D eigenvalue weighted by Crippen LogP contribution is 2.16. The van der Waals surface area contributed by atoms with Crippen LogP contribution < -0.4 is 10.5 Å². The van der Waals surface area contributed by atoms with Crippen LogP contribution in [-0.2, 0) is 10.0 Å². The summed E-state index contributed by atoms with van der Waals surface area (Å²) >= 11 is 0. The zero-order chi connectivity index (χ0) is 12.3. The van der Waals surface area contributed by atoms with E-state index in [2.05, 4.69) is 4.72 Å². The lowest BCUT2D eigenvalue weighted by atomic mass is 10.2. The van der Waals surface area contributed by atoms with E-state index >= 15 is 0 Å². The molecule has 0 fully saturated rings. The molecule has 0 spiro atoms. The van der Waals surface area contributed by atoms with Crippen LogP contribution in [0.4, 0.5) is 0 Å². The van der Waals surface area contributed by atoms with E-state index in [-0.39, 0.29) is 12.6 Å². The molecule has 0 aliphatic heterocycles. The maximum absolute atomic E-state index is 12.0. The van der Waals surface area contributed by atoms with Gasteiger partial charge in [0.25, 0.3) is 0 Å². The molecule has 0 heterocycles. The van der Waals surface area contributed by atoms with E-state index in [1.54, 1.807) is 26.0 Å². The van der Waals surface area contributed by atoms with Gasteiger partial charge in [0, 0.05) is 12.6 Å². The Kier molecular flexibility index (Phi) is 4.07. The highest BCUT2D eigenvalue weighted by Gasteiger charge is 2.18. The monoisotopic (exact) mass is 242 g/mol. The third kappa shape index (κ3) is 3.04. The van der Waals surface area contributed by atoms with Gasteiger partial charge < -0.3 is 5.73 Å².